The zero-order valence-corrected chi connectivity index (χ0v) is 11.3. The molecule has 1 amide bonds. The highest BCUT2D eigenvalue weighted by molar-refractivity contribution is 6.22. The molecular formula is C14H15NO5. The number of amides is 1. The molecule has 0 aromatic heterocycles. The number of Topliss-reactive ketones (excluding diaryl/α,β-unsaturated/α-hetero) is 1. The fourth-order valence-corrected chi connectivity index (χ4v) is 1.64. The number of hydrogen-bond donors (Lipinski definition) is 1. The zero-order valence-electron chi connectivity index (χ0n) is 11.3. The van der Waals surface area contributed by atoms with Crippen molar-refractivity contribution in [2.75, 3.05) is 18.7 Å². The van der Waals surface area contributed by atoms with Gasteiger partial charge in [0.05, 0.1) is 12.9 Å². The van der Waals surface area contributed by atoms with Crippen molar-refractivity contribution in [3.05, 3.63) is 30.0 Å². The van der Waals surface area contributed by atoms with Crippen molar-refractivity contribution in [3.63, 3.8) is 0 Å². The van der Waals surface area contributed by atoms with Gasteiger partial charge in [0.15, 0.2) is 17.3 Å². The summed E-state index contributed by atoms with van der Waals surface area (Å²) in [4.78, 5) is 23.4. The van der Waals surface area contributed by atoms with E-state index < -0.39 is 5.91 Å². The van der Waals surface area contributed by atoms with Crippen LogP contribution in [0.3, 0.4) is 0 Å². The molecule has 6 nitrogen and oxygen atoms in total. The summed E-state index contributed by atoms with van der Waals surface area (Å²) in [5.41, 5.74) is 0.479. The van der Waals surface area contributed by atoms with Crippen molar-refractivity contribution in [1.82, 2.24) is 0 Å². The Hall–Kier alpha value is -2.50. The summed E-state index contributed by atoms with van der Waals surface area (Å²) < 4.78 is 15.4. The maximum absolute atomic E-state index is 12.0. The first-order valence-corrected chi connectivity index (χ1v) is 6.15. The van der Waals surface area contributed by atoms with E-state index >= 15 is 0 Å². The van der Waals surface area contributed by atoms with Crippen LogP contribution in [0.5, 0.6) is 11.5 Å². The lowest BCUT2D eigenvalue weighted by molar-refractivity contribution is -0.119. The van der Waals surface area contributed by atoms with E-state index in [0.29, 0.717) is 23.8 Å². The maximum atomic E-state index is 12.0. The van der Waals surface area contributed by atoms with Crippen molar-refractivity contribution in [2.24, 2.45) is 0 Å². The van der Waals surface area contributed by atoms with Crippen LogP contribution in [0.4, 0.5) is 5.69 Å². The van der Waals surface area contributed by atoms with Gasteiger partial charge >= 0.3 is 0 Å². The van der Waals surface area contributed by atoms with E-state index in [9.17, 15) is 9.59 Å². The third kappa shape index (κ3) is 3.09. The number of rotatable bonds is 5. The summed E-state index contributed by atoms with van der Waals surface area (Å²) in [6, 6.07) is 5.00. The Bertz CT molecular complexity index is 565. The number of ether oxygens (including phenoxy) is 3. The number of anilines is 1. The summed E-state index contributed by atoms with van der Waals surface area (Å²) in [5, 5.41) is 2.62. The summed E-state index contributed by atoms with van der Waals surface area (Å²) in [6.07, 6.45) is 1.17. The van der Waals surface area contributed by atoms with Gasteiger partial charge in [0.25, 0.3) is 5.91 Å². The van der Waals surface area contributed by atoms with Crippen LogP contribution in [-0.2, 0) is 14.3 Å². The van der Waals surface area contributed by atoms with Crippen LogP contribution >= 0.6 is 0 Å². The quantitative estimate of drug-likeness (QED) is 0.385. The number of nitrogens with one attached hydrogen (secondary N) is 1. The van der Waals surface area contributed by atoms with Gasteiger partial charge in [0, 0.05) is 11.8 Å². The lowest BCUT2D eigenvalue weighted by Crippen LogP contribution is -2.19. The van der Waals surface area contributed by atoms with Gasteiger partial charge in [0.1, 0.15) is 5.57 Å². The molecule has 0 atom stereocenters. The first kappa shape index (κ1) is 13.9. The van der Waals surface area contributed by atoms with E-state index in [2.05, 4.69) is 5.32 Å². The molecule has 20 heavy (non-hydrogen) atoms. The molecule has 0 unspecified atom stereocenters. The molecule has 0 radical (unpaired) electrons. The van der Waals surface area contributed by atoms with E-state index in [1.54, 1.807) is 25.1 Å². The van der Waals surface area contributed by atoms with E-state index in [1.807, 2.05) is 0 Å². The second-order valence-corrected chi connectivity index (χ2v) is 4.07. The zero-order chi connectivity index (χ0) is 14.5. The van der Waals surface area contributed by atoms with Crippen LogP contribution < -0.4 is 14.8 Å². The average molecular weight is 277 g/mol. The monoisotopic (exact) mass is 277 g/mol. The van der Waals surface area contributed by atoms with Gasteiger partial charge in [-0.05, 0) is 26.0 Å². The largest absolute Gasteiger partial charge is 0.501 e. The van der Waals surface area contributed by atoms with Crippen molar-refractivity contribution < 1.29 is 23.8 Å². The molecule has 2 rings (SSSR count). The minimum Gasteiger partial charge on any atom is -0.501 e. The molecule has 0 bridgehead atoms. The topological polar surface area (TPSA) is 73.9 Å². The highest BCUT2D eigenvalue weighted by atomic mass is 16.7. The van der Waals surface area contributed by atoms with Gasteiger partial charge in [-0.25, -0.2) is 0 Å². The number of carbonyl (C=O) groups excluding carboxylic acids is 2. The molecule has 6 heteroatoms. The Morgan fingerprint density at radius 2 is 2.10 bits per heavy atom. The number of fused-ring (bicyclic) bond motifs is 1. The number of benzene rings is 1. The lowest BCUT2D eigenvalue weighted by Gasteiger charge is -2.07. The Balaban J connectivity index is 2.12. The number of hydrogen-bond acceptors (Lipinski definition) is 5. The van der Waals surface area contributed by atoms with Crippen molar-refractivity contribution >= 4 is 17.4 Å². The van der Waals surface area contributed by atoms with Gasteiger partial charge in [-0.2, -0.15) is 0 Å². The number of ketones is 1. The molecule has 1 aliphatic rings. The Morgan fingerprint density at radius 1 is 1.35 bits per heavy atom. The normalized spacial score (nSPS) is 13.0. The maximum Gasteiger partial charge on any atom is 0.262 e. The standard InChI is InChI=1S/C14H15NO5/c1-3-18-7-11(9(2)16)14(17)15-10-4-5-12-13(6-10)20-8-19-12/h4-7H,3,8H2,1-2H3,(H,15,17). The molecule has 1 aromatic rings. The molecule has 0 saturated carbocycles. The predicted octanol–water partition coefficient (Wildman–Crippen LogP) is 1.86. The number of carbonyl (C=O) groups is 2. The van der Waals surface area contributed by atoms with Crippen LogP contribution in [-0.4, -0.2) is 25.1 Å². The van der Waals surface area contributed by atoms with Crippen molar-refractivity contribution in [1.29, 1.82) is 0 Å². The van der Waals surface area contributed by atoms with E-state index in [-0.39, 0.29) is 18.1 Å². The molecule has 0 saturated heterocycles. The first-order valence-electron chi connectivity index (χ1n) is 6.15. The summed E-state index contributed by atoms with van der Waals surface area (Å²) in [6.45, 7) is 3.62. The fraction of sp³-hybridized carbons (Fsp3) is 0.286. The van der Waals surface area contributed by atoms with Crippen molar-refractivity contribution in [2.45, 2.75) is 13.8 Å². The Labute approximate surface area is 116 Å². The third-order valence-corrected chi connectivity index (χ3v) is 2.62. The van der Waals surface area contributed by atoms with Crippen molar-refractivity contribution in [3.8, 4) is 11.5 Å². The SMILES string of the molecule is CCOC=C(C(C)=O)C(=O)Nc1ccc2c(c1)OCO2. The van der Waals surface area contributed by atoms with E-state index in [4.69, 9.17) is 14.2 Å². The molecule has 1 heterocycles. The highest BCUT2D eigenvalue weighted by Gasteiger charge is 2.18. The van der Waals surface area contributed by atoms with Crippen LogP contribution in [0, 0.1) is 0 Å². The molecule has 0 spiro atoms. The molecule has 106 valence electrons. The molecule has 0 fully saturated rings. The smallest absolute Gasteiger partial charge is 0.262 e. The minimum atomic E-state index is -0.523. The predicted molar refractivity (Wildman–Crippen MR) is 71.6 cm³/mol. The summed E-state index contributed by atoms with van der Waals surface area (Å²) in [5.74, 6) is 0.294. The molecule has 1 aliphatic heterocycles. The molecule has 1 N–H and O–H groups in total. The van der Waals surface area contributed by atoms with Gasteiger partial charge in [-0.15, -0.1) is 0 Å². The summed E-state index contributed by atoms with van der Waals surface area (Å²) >= 11 is 0. The van der Waals surface area contributed by atoms with Gasteiger partial charge in [-0.3, -0.25) is 9.59 Å². The molecule has 0 aliphatic carbocycles. The lowest BCUT2D eigenvalue weighted by atomic mass is 10.2. The van der Waals surface area contributed by atoms with Gasteiger partial charge in [-0.1, -0.05) is 0 Å². The molecule has 1 aromatic carbocycles. The average Bonchev–Trinajstić information content (AvgIpc) is 2.86. The fourth-order valence-electron chi connectivity index (χ4n) is 1.64. The van der Waals surface area contributed by atoms with Crippen LogP contribution in [0.15, 0.2) is 30.0 Å². The van der Waals surface area contributed by atoms with Crippen LogP contribution in [0.25, 0.3) is 0 Å². The Kier molecular flexibility index (Phi) is 4.24. The van der Waals surface area contributed by atoms with Crippen LogP contribution in [0.2, 0.25) is 0 Å². The van der Waals surface area contributed by atoms with Gasteiger partial charge in [0.2, 0.25) is 6.79 Å². The Morgan fingerprint density at radius 3 is 2.80 bits per heavy atom. The summed E-state index contributed by atoms with van der Waals surface area (Å²) in [7, 11) is 0. The highest BCUT2D eigenvalue weighted by Crippen LogP contribution is 2.34. The first-order chi connectivity index (χ1) is 9.61. The van der Waals surface area contributed by atoms with E-state index in [0.717, 1.165) is 0 Å². The van der Waals surface area contributed by atoms with Gasteiger partial charge < -0.3 is 19.5 Å². The second kappa shape index (κ2) is 6.10. The van der Waals surface area contributed by atoms with Crippen LogP contribution in [0.1, 0.15) is 13.8 Å². The molecular weight excluding hydrogens is 262 g/mol. The second-order valence-electron chi connectivity index (χ2n) is 4.07. The van der Waals surface area contributed by atoms with E-state index in [1.165, 1.54) is 13.2 Å². The third-order valence-electron chi connectivity index (χ3n) is 2.62. The minimum absolute atomic E-state index is 0.0375.